The number of nitrogens with one attached hydrogen (secondary N) is 1. The number of hydrogen-bond donors (Lipinski definition) is 1. The summed E-state index contributed by atoms with van der Waals surface area (Å²) in [6, 6.07) is 10.9. The van der Waals surface area contributed by atoms with E-state index in [0.29, 0.717) is 22.7 Å². The molecule has 0 aliphatic carbocycles. The van der Waals surface area contributed by atoms with E-state index in [2.05, 4.69) is 5.32 Å². The molecule has 0 bridgehead atoms. The molecule has 0 atom stereocenters. The zero-order chi connectivity index (χ0) is 19.8. The topological polar surface area (TPSA) is 67.9 Å². The molecule has 0 saturated heterocycles. The summed E-state index contributed by atoms with van der Waals surface area (Å²) in [7, 11) is 4.54. The SMILES string of the molecule is COc1cccc(/C=C/C(=O)N(C)CC(=O)Nc2cccc(F)c2)c1OC. The highest BCUT2D eigenvalue weighted by Crippen LogP contribution is 2.31. The quantitative estimate of drug-likeness (QED) is 0.759. The van der Waals surface area contributed by atoms with Crippen LogP contribution in [0.4, 0.5) is 10.1 Å². The number of benzene rings is 2. The maximum absolute atomic E-state index is 13.1. The Labute approximate surface area is 157 Å². The van der Waals surface area contributed by atoms with Crippen LogP contribution in [0.15, 0.2) is 48.5 Å². The van der Waals surface area contributed by atoms with Crippen LogP contribution in [-0.2, 0) is 9.59 Å². The van der Waals surface area contributed by atoms with Crippen molar-refractivity contribution in [2.75, 3.05) is 33.1 Å². The molecule has 27 heavy (non-hydrogen) atoms. The van der Waals surface area contributed by atoms with Gasteiger partial charge in [0.1, 0.15) is 5.82 Å². The Morgan fingerprint density at radius 2 is 1.89 bits per heavy atom. The summed E-state index contributed by atoms with van der Waals surface area (Å²) >= 11 is 0. The molecule has 2 rings (SSSR count). The van der Waals surface area contributed by atoms with Gasteiger partial charge in [-0.15, -0.1) is 0 Å². The zero-order valence-electron chi connectivity index (χ0n) is 15.4. The molecule has 6 nitrogen and oxygen atoms in total. The molecule has 0 aliphatic heterocycles. The highest BCUT2D eigenvalue weighted by atomic mass is 19.1. The van der Waals surface area contributed by atoms with Gasteiger partial charge < -0.3 is 19.7 Å². The van der Waals surface area contributed by atoms with Crippen LogP contribution in [0.1, 0.15) is 5.56 Å². The number of likely N-dealkylation sites (N-methyl/N-ethyl adjacent to an activating group) is 1. The maximum Gasteiger partial charge on any atom is 0.246 e. The zero-order valence-corrected chi connectivity index (χ0v) is 15.4. The van der Waals surface area contributed by atoms with E-state index in [1.807, 2.05) is 0 Å². The third-order valence-electron chi connectivity index (χ3n) is 3.70. The Morgan fingerprint density at radius 1 is 1.15 bits per heavy atom. The molecular formula is C20H21FN2O4. The summed E-state index contributed by atoms with van der Waals surface area (Å²) in [5.41, 5.74) is 1.00. The molecule has 0 fully saturated rings. The van der Waals surface area contributed by atoms with E-state index >= 15 is 0 Å². The number of para-hydroxylation sites is 1. The molecule has 0 aliphatic rings. The lowest BCUT2D eigenvalue weighted by Crippen LogP contribution is -2.33. The van der Waals surface area contributed by atoms with E-state index in [4.69, 9.17) is 9.47 Å². The van der Waals surface area contributed by atoms with E-state index in [1.165, 1.54) is 50.4 Å². The van der Waals surface area contributed by atoms with Crippen LogP contribution in [0.2, 0.25) is 0 Å². The number of anilines is 1. The summed E-state index contributed by atoms with van der Waals surface area (Å²) in [5.74, 6) is -0.184. The Morgan fingerprint density at radius 3 is 2.56 bits per heavy atom. The summed E-state index contributed by atoms with van der Waals surface area (Å²) in [5, 5.41) is 2.54. The highest BCUT2D eigenvalue weighted by Gasteiger charge is 2.12. The first-order chi connectivity index (χ1) is 12.9. The van der Waals surface area contributed by atoms with Crippen LogP contribution >= 0.6 is 0 Å². The molecule has 0 heterocycles. The van der Waals surface area contributed by atoms with Gasteiger partial charge in [-0.1, -0.05) is 18.2 Å². The van der Waals surface area contributed by atoms with Crippen molar-refractivity contribution in [1.82, 2.24) is 4.90 Å². The number of amides is 2. The van der Waals surface area contributed by atoms with E-state index in [0.717, 1.165) is 0 Å². The van der Waals surface area contributed by atoms with Gasteiger partial charge in [0.15, 0.2) is 11.5 Å². The number of carbonyl (C=O) groups excluding carboxylic acids is 2. The lowest BCUT2D eigenvalue weighted by atomic mass is 10.1. The second-order valence-corrected chi connectivity index (χ2v) is 5.67. The lowest BCUT2D eigenvalue weighted by Gasteiger charge is -2.15. The van der Waals surface area contributed by atoms with Gasteiger partial charge in [0.25, 0.3) is 0 Å². The van der Waals surface area contributed by atoms with Crippen molar-refractivity contribution in [2.45, 2.75) is 0 Å². The molecule has 2 amide bonds. The molecular weight excluding hydrogens is 351 g/mol. The minimum absolute atomic E-state index is 0.172. The van der Waals surface area contributed by atoms with Crippen molar-refractivity contribution >= 4 is 23.6 Å². The number of methoxy groups -OCH3 is 2. The van der Waals surface area contributed by atoms with Crippen LogP contribution in [-0.4, -0.2) is 44.5 Å². The minimum Gasteiger partial charge on any atom is -0.493 e. The lowest BCUT2D eigenvalue weighted by molar-refractivity contribution is -0.129. The molecule has 1 N–H and O–H groups in total. The average Bonchev–Trinajstić information content (AvgIpc) is 2.65. The van der Waals surface area contributed by atoms with Crippen LogP contribution in [0, 0.1) is 5.82 Å². The molecule has 2 aromatic carbocycles. The van der Waals surface area contributed by atoms with Crippen molar-refractivity contribution in [3.05, 3.63) is 59.9 Å². The molecule has 0 aromatic heterocycles. The smallest absolute Gasteiger partial charge is 0.246 e. The van der Waals surface area contributed by atoms with Gasteiger partial charge in [-0.25, -0.2) is 4.39 Å². The van der Waals surface area contributed by atoms with Crippen LogP contribution in [0.25, 0.3) is 6.08 Å². The summed E-state index contributed by atoms with van der Waals surface area (Å²) in [6.45, 7) is -0.172. The molecule has 142 valence electrons. The summed E-state index contributed by atoms with van der Waals surface area (Å²) < 4.78 is 23.7. The Bertz CT molecular complexity index is 852. The van der Waals surface area contributed by atoms with Crippen molar-refractivity contribution in [2.24, 2.45) is 0 Å². The fraction of sp³-hybridized carbons (Fsp3) is 0.200. The first-order valence-electron chi connectivity index (χ1n) is 8.14. The maximum atomic E-state index is 13.1. The molecule has 7 heteroatoms. The predicted molar refractivity (Wildman–Crippen MR) is 101 cm³/mol. The molecule has 0 unspecified atom stereocenters. The first-order valence-corrected chi connectivity index (χ1v) is 8.14. The largest absolute Gasteiger partial charge is 0.493 e. The Kier molecular flexibility index (Phi) is 6.93. The van der Waals surface area contributed by atoms with Gasteiger partial charge in [0, 0.05) is 24.4 Å². The standard InChI is InChI=1S/C20H21FN2O4/c1-23(13-18(24)22-16-8-5-7-15(21)12-16)19(25)11-10-14-6-4-9-17(26-2)20(14)27-3/h4-12H,13H2,1-3H3,(H,22,24)/b11-10+. The van der Waals surface area contributed by atoms with Gasteiger partial charge in [0.2, 0.25) is 11.8 Å². The van der Waals surface area contributed by atoms with Gasteiger partial charge in [-0.05, 0) is 30.3 Å². The average molecular weight is 372 g/mol. The van der Waals surface area contributed by atoms with Gasteiger partial charge in [-0.3, -0.25) is 9.59 Å². The minimum atomic E-state index is -0.451. The van der Waals surface area contributed by atoms with Crippen molar-refractivity contribution in [3.8, 4) is 11.5 Å². The molecule has 2 aromatic rings. The van der Waals surface area contributed by atoms with E-state index in [1.54, 1.807) is 30.3 Å². The third-order valence-corrected chi connectivity index (χ3v) is 3.70. The van der Waals surface area contributed by atoms with Crippen LogP contribution in [0.5, 0.6) is 11.5 Å². The number of carbonyl (C=O) groups is 2. The summed E-state index contributed by atoms with van der Waals surface area (Å²) in [6.07, 6.45) is 2.93. The van der Waals surface area contributed by atoms with E-state index in [-0.39, 0.29) is 12.5 Å². The van der Waals surface area contributed by atoms with Crippen molar-refractivity contribution in [3.63, 3.8) is 0 Å². The van der Waals surface area contributed by atoms with Crippen LogP contribution in [0.3, 0.4) is 0 Å². The monoisotopic (exact) mass is 372 g/mol. The predicted octanol–water partition coefficient (Wildman–Crippen LogP) is 2.95. The first kappa shape index (κ1) is 20.0. The van der Waals surface area contributed by atoms with E-state index < -0.39 is 11.7 Å². The van der Waals surface area contributed by atoms with E-state index in [9.17, 15) is 14.0 Å². The molecule has 0 radical (unpaired) electrons. The normalized spacial score (nSPS) is 10.5. The molecule has 0 spiro atoms. The number of halogens is 1. The third kappa shape index (κ3) is 5.57. The van der Waals surface area contributed by atoms with Crippen LogP contribution < -0.4 is 14.8 Å². The van der Waals surface area contributed by atoms with Crippen molar-refractivity contribution < 1.29 is 23.5 Å². The fourth-order valence-corrected chi connectivity index (χ4v) is 2.39. The number of ether oxygens (including phenoxy) is 2. The second-order valence-electron chi connectivity index (χ2n) is 5.67. The number of nitrogens with zero attached hydrogens (tertiary/aromatic N) is 1. The van der Waals surface area contributed by atoms with Gasteiger partial charge in [-0.2, -0.15) is 0 Å². The number of rotatable bonds is 7. The molecule has 0 saturated carbocycles. The summed E-state index contributed by atoms with van der Waals surface area (Å²) in [4.78, 5) is 25.5. The van der Waals surface area contributed by atoms with Gasteiger partial charge in [0.05, 0.1) is 20.8 Å². The fourth-order valence-electron chi connectivity index (χ4n) is 2.39. The highest BCUT2D eigenvalue weighted by molar-refractivity contribution is 5.98. The van der Waals surface area contributed by atoms with Crippen molar-refractivity contribution in [1.29, 1.82) is 0 Å². The Hall–Kier alpha value is -3.35. The Balaban J connectivity index is 1.99. The second kappa shape index (κ2) is 9.38. The van der Waals surface area contributed by atoms with Gasteiger partial charge >= 0.3 is 0 Å². The number of hydrogen-bond acceptors (Lipinski definition) is 4.